The number of ether oxygens (including phenoxy) is 2. The monoisotopic (exact) mass is 254 g/mol. The van der Waals surface area contributed by atoms with Crippen molar-refractivity contribution < 1.29 is 18.7 Å². The van der Waals surface area contributed by atoms with E-state index in [4.69, 9.17) is 9.47 Å². The molecule has 0 aromatic carbocycles. The van der Waals surface area contributed by atoms with Crippen molar-refractivity contribution in [1.82, 2.24) is 10.3 Å². The fourth-order valence-corrected chi connectivity index (χ4v) is 1.83. The van der Waals surface area contributed by atoms with E-state index in [1.165, 1.54) is 18.2 Å². The molecule has 1 N–H and O–H groups in total. The van der Waals surface area contributed by atoms with Gasteiger partial charge in [-0.3, -0.25) is 4.79 Å². The van der Waals surface area contributed by atoms with E-state index in [-0.39, 0.29) is 5.69 Å². The minimum atomic E-state index is -0.673. The summed E-state index contributed by atoms with van der Waals surface area (Å²) in [5.41, 5.74) is -0.427. The second-order valence-electron chi connectivity index (χ2n) is 4.22. The highest BCUT2D eigenvalue weighted by atomic mass is 19.1. The smallest absolute Gasteiger partial charge is 0.270 e. The predicted octanol–water partition coefficient (Wildman–Crippen LogP) is 0.756. The van der Waals surface area contributed by atoms with Crippen LogP contribution in [0.2, 0.25) is 0 Å². The van der Waals surface area contributed by atoms with Gasteiger partial charge in [-0.2, -0.15) is 4.39 Å². The molecule has 1 saturated heterocycles. The molecule has 18 heavy (non-hydrogen) atoms. The highest BCUT2D eigenvalue weighted by Crippen LogP contribution is 2.21. The molecule has 0 radical (unpaired) electrons. The van der Waals surface area contributed by atoms with Crippen LogP contribution in [0, 0.1) is 5.95 Å². The number of hydrogen-bond acceptors (Lipinski definition) is 4. The van der Waals surface area contributed by atoms with Crippen molar-refractivity contribution in [2.75, 3.05) is 26.9 Å². The maximum atomic E-state index is 12.9. The van der Waals surface area contributed by atoms with Crippen molar-refractivity contribution in [2.24, 2.45) is 0 Å². The molecule has 5 nitrogen and oxygen atoms in total. The van der Waals surface area contributed by atoms with Gasteiger partial charge in [0.25, 0.3) is 5.91 Å². The van der Waals surface area contributed by atoms with E-state index in [1.807, 2.05) is 0 Å². The van der Waals surface area contributed by atoms with Crippen LogP contribution in [0.25, 0.3) is 0 Å². The molecule has 1 aliphatic rings. The normalized spacial score (nSPS) is 23.0. The van der Waals surface area contributed by atoms with E-state index >= 15 is 0 Å². The van der Waals surface area contributed by atoms with E-state index in [2.05, 4.69) is 10.3 Å². The molecule has 1 aromatic rings. The molecule has 2 rings (SSSR count). The summed E-state index contributed by atoms with van der Waals surface area (Å²) in [5, 5.41) is 2.69. The number of nitrogens with zero attached hydrogens (tertiary/aromatic N) is 1. The summed E-state index contributed by atoms with van der Waals surface area (Å²) in [4.78, 5) is 15.3. The van der Waals surface area contributed by atoms with E-state index < -0.39 is 17.5 Å². The maximum absolute atomic E-state index is 12.9. The molecule has 1 aromatic heterocycles. The van der Waals surface area contributed by atoms with Gasteiger partial charge in [0.2, 0.25) is 5.95 Å². The Bertz CT molecular complexity index is 433. The number of carbonyl (C=O) groups excluding carboxylic acids is 1. The van der Waals surface area contributed by atoms with Crippen molar-refractivity contribution in [3.05, 3.63) is 29.8 Å². The van der Waals surface area contributed by atoms with Gasteiger partial charge in [-0.05, 0) is 12.1 Å². The van der Waals surface area contributed by atoms with Crippen LogP contribution in [0.5, 0.6) is 0 Å². The van der Waals surface area contributed by atoms with Gasteiger partial charge in [-0.1, -0.05) is 6.07 Å². The molecule has 0 saturated carbocycles. The molecular formula is C12H15FN2O3. The standard InChI is InChI=1S/C12H15FN2O3/c1-17-12(5-6-18-8-12)7-14-11(16)9-3-2-4-10(13)15-9/h2-4H,5-8H2,1H3,(H,14,16). The zero-order valence-corrected chi connectivity index (χ0v) is 10.1. The third-order valence-electron chi connectivity index (χ3n) is 3.02. The highest BCUT2D eigenvalue weighted by Gasteiger charge is 2.35. The Balaban J connectivity index is 1.96. The largest absolute Gasteiger partial charge is 0.378 e. The Morgan fingerprint density at radius 2 is 2.50 bits per heavy atom. The van der Waals surface area contributed by atoms with Gasteiger partial charge < -0.3 is 14.8 Å². The molecule has 1 fully saturated rings. The second-order valence-corrected chi connectivity index (χ2v) is 4.22. The molecule has 1 amide bonds. The van der Waals surface area contributed by atoms with Crippen molar-refractivity contribution in [1.29, 1.82) is 0 Å². The first-order valence-electron chi connectivity index (χ1n) is 5.69. The summed E-state index contributed by atoms with van der Waals surface area (Å²) in [5.74, 6) is -1.09. The van der Waals surface area contributed by atoms with Crippen LogP contribution in [0.15, 0.2) is 18.2 Å². The quantitative estimate of drug-likeness (QED) is 0.806. The van der Waals surface area contributed by atoms with Crippen LogP contribution in [-0.4, -0.2) is 43.4 Å². The van der Waals surface area contributed by atoms with Gasteiger partial charge in [-0.15, -0.1) is 0 Å². The Labute approximate surface area is 104 Å². The number of pyridine rings is 1. The zero-order valence-electron chi connectivity index (χ0n) is 10.1. The Morgan fingerprint density at radius 1 is 1.67 bits per heavy atom. The molecule has 0 aliphatic carbocycles. The number of aromatic nitrogens is 1. The lowest BCUT2D eigenvalue weighted by molar-refractivity contribution is -0.0149. The van der Waals surface area contributed by atoms with Gasteiger partial charge in [0.15, 0.2) is 0 Å². The van der Waals surface area contributed by atoms with E-state index in [0.717, 1.165) is 6.42 Å². The lowest BCUT2D eigenvalue weighted by Gasteiger charge is -2.25. The minimum Gasteiger partial charge on any atom is -0.378 e. The Hall–Kier alpha value is -1.53. The Morgan fingerprint density at radius 3 is 3.11 bits per heavy atom. The van der Waals surface area contributed by atoms with E-state index in [1.54, 1.807) is 7.11 Å². The van der Waals surface area contributed by atoms with Gasteiger partial charge >= 0.3 is 0 Å². The van der Waals surface area contributed by atoms with Crippen LogP contribution in [0.4, 0.5) is 4.39 Å². The molecule has 1 atom stereocenters. The summed E-state index contributed by atoms with van der Waals surface area (Å²) in [6, 6.07) is 4.10. The summed E-state index contributed by atoms with van der Waals surface area (Å²) in [7, 11) is 1.58. The molecular weight excluding hydrogens is 239 g/mol. The summed E-state index contributed by atoms with van der Waals surface area (Å²) in [6.45, 7) is 1.38. The van der Waals surface area contributed by atoms with Crippen molar-refractivity contribution in [3.63, 3.8) is 0 Å². The third kappa shape index (κ3) is 2.83. The van der Waals surface area contributed by atoms with Crippen molar-refractivity contribution in [2.45, 2.75) is 12.0 Å². The van der Waals surface area contributed by atoms with Gasteiger partial charge in [0, 0.05) is 26.7 Å². The number of halogens is 1. The SMILES string of the molecule is COC1(CNC(=O)c2cccc(F)n2)CCOC1. The molecule has 6 heteroatoms. The zero-order chi connectivity index (χ0) is 13.0. The topological polar surface area (TPSA) is 60.5 Å². The van der Waals surface area contributed by atoms with Crippen molar-refractivity contribution in [3.8, 4) is 0 Å². The lowest BCUT2D eigenvalue weighted by atomic mass is 10.0. The molecule has 1 aliphatic heterocycles. The number of nitrogens with one attached hydrogen (secondary N) is 1. The average Bonchev–Trinajstić information content (AvgIpc) is 2.85. The minimum absolute atomic E-state index is 0.0557. The molecule has 98 valence electrons. The first-order chi connectivity index (χ1) is 8.65. The number of amides is 1. The molecule has 0 bridgehead atoms. The van der Waals surface area contributed by atoms with Gasteiger partial charge in [0.1, 0.15) is 11.3 Å². The number of carbonyl (C=O) groups is 1. The Kier molecular flexibility index (Phi) is 3.88. The van der Waals surface area contributed by atoms with Crippen LogP contribution >= 0.6 is 0 Å². The van der Waals surface area contributed by atoms with Crippen LogP contribution in [-0.2, 0) is 9.47 Å². The molecule has 1 unspecified atom stereocenters. The first-order valence-corrected chi connectivity index (χ1v) is 5.69. The van der Waals surface area contributed by atoms with Gasteiger partial charge in [0.05, 0.1) is 6.61 Å². The highest BCUT2D eigenvalue weighted by molar-refractivity contribution is 5.92. The summed E-state index contributed by atoms with van der Waals surface area (Å²) >= 11 is 0. The summed E-state index contributed by atoms with van der Waals surface area (Å²) < 4.78 is 23.5. The van der Waals surface area contributed by atoms with Crippen LogP contribution in [0.3, 0.4) is 0 Å². The van der Waals surface area contributed by atoms with Gasteiger partial charge in [-0.25, -0.2) is 4.98 Å². The van der Waals surface area contributed by atoms with Crippen LogP contribution in [0.1, 0.15) is 16.9 Å². The predicted molar refractivity (Wildman–Crippen MR) is 61.7 cm³/mol. The lowest BCUT2D eigenvalue weighted by Crippen LogP contribution is -2.45. The van der Waals surface area contributed by atoms with E-state index in [0.29, 0.717) is 19.8 Å². The molecule has 2 heterocycles. The summed E-state index contributed by atoms with van der Waals surface area (Å²) in [6.07, 6.45) is 0.723. The number of rotatable bonds is 4. The molecule has 0 spiro atoms. The third-order valence-corrected chi connectivity index (χ3v) is 3.02. The fraction of sp³-hybridized carbons (Fsp3) is 0.500. The van der Waals surface area contributed by atoms with Crippen molar-refractivity contribution >= 4 is 5.91 Å². The first kappa shape index (κ1) is 12.9. The fourth-order valence-electron chi connectivity index (χ4n) is 1.83. The number of methoxy groups -OCH3 is 1. The second kappa shape index (κ2) is 5.41. The maximum Gasteiger partial charge on any atom is 0.270 e. The number of hydrogen-bond donors (Lipinski definition) is 1. The average molecular weight is 254 g/mol. The van der Waals surface area contributed by atoms with E-state index in [9.17, 15) is 9.18 Å². The van der Waals surface area contributed by atoms with Crippen LogP contribution < -0.4 is 5.32 Å².